The second-order valence-corrected chi connectivity index (χ2v) is 7.87. The van der Waals surface area contributed by atoms with Gasteiger partial charge in [0.05, 0.1) is 31.5 Å². The Bertz CT molecular complexity index is 1060. The highest BCUT2D eigenvalue weighted by Gasteiger charge is 2.55. The molecule has 10 heteroatoms. The zero-order valence-corrected chi connectivity index (χ0v) is 19.4. The molecular formula is C24H25ClN2O7. The predicted octanol–water partition coefficient (Wildman–Crippen LogP) is 3.80. The number of hydrogen-bond donors (Lipinski definition) is 1. The molecule has 0 radical (unpaired) electrons. The minimum absolute atomic E-state index is 0.124. The standard InChI is InChI=1S/C24H25ClN2O7/c1-3-32-19(28)13-14-34-18-8-6-5-7-17(18)20-22(24(29)33-4-2)26-21(23(20)27(30)31)15-9-11-16(25)12-10-15/h5-14,20-23,26H,3-4H2,1-2H3/b14-13+/t20-,21+,22+,23+/m1/s1. The number of hydrogen-bond acceptors (Lipinski definition) is 8. The summed E-state index contributed by atoms with van der Waals surface area (Å²) >= 11 is 5.99. The molecule has 9 nitrogen and oxygen atoms in total. The van der Waals surface area contributed by atoms with Crippen LogP contribution in [-0.4, -0.2) is 42.2 Å². The van der Waals surface area contributed by atoms with Gasteiger partial charge in [-0.3, -0.25) is 20.2 Å². The Morgan fingerprint density at radius 3 is 2.41 bits per heavy atom. The van der Waals surface area contributed by atoms with Crippen molar-refractivity contribution < 1.29 is 28.7 Å². The zero-order chi connectivity index (χ0) is 24.7. The first-order chi connectivity index (χ1) is 16.4. The minimum Gasteiger partial charge on any atom is -0.465 e. The lowest BCUT2D eigenvalue weighted by atomic mass is 9.85. The van der Waals surface area contributed by atoms with E-state index in [2.05, 4.69) is 5.32 Å². The Balaban J connectivity index is 2.03. The molecule has 180 valence electrons. The monoisotopic (exact) mass is 488 g/mol. The van der Waals surface area contributed by atoms with Gasteiger partial charge in [0.15, 0.2) is 0 Å². The molecule has 0 spiro atoms. The normalized spacial score (nSPS) is 21.9. The molecule has 0 aromatic heterocycles. The van der Waals surface area contributed by atoms with E-state index in [1.54, 1.807) is 62.4 Å². The van der Waals surface area contributed by atoms with Gasteiger partial charge in [0, 0.05) is 15.5 Å². The third-order valence-electron chi connectivity index (χ3n) is 5.40. The lowest BCUT2D eigenvalue weighted by molar-refractivity contribution is -0.527. The molecule has 1 aliphatic heterocycles. The molecule has 0 unspecified atom stereocenters. The lowest BCUT2D eigenvalue weighted by Crippen LogP contribution is -2.37. The van der Waals surface area contributed by atoms with E-state index in [9.17, 15) is 19.7 Å². The van der Waals surface area contributed by atoms with Gasteiger partial charge in [-0.15, -0.1) is 0 Å². The summed E-state index contributed by atoms with van der Waals surface area (Å²) in [6.45, 7) is 3.68. The summed E-state index contributed by atoms with van der Waals surface area (Å²) in [5.41, 5.74) is 1.04. The Morgan fingerprint density at radius 1 is 1.09 bits per heavy atom. The summed E-state index contributed by atoms with van der Waals surface area (Å²) in [7, 11) is 0. The Labute approximate surface area is 201 Å². The SMILES string of the molecule is CCOC(=O)/C=C/Oc1ccccc1[C@H]1[C@H]([N+](=O)[O-])[C@H](c2ccc(Cl)cc2)N[C@@H]1C(=O)OCC. The van der Waals surface area contributed by atoms with Crippen LogP contribution in [0, 0.1) is 10.1 Å². The number of nitrogens with zero attached hydrogens (tertiary/aromatic N) is 1. The summed E-state index contributed by atoms with van der Waals surface area (Å²) in [5.74, 6) is -1.83. The maximum absolute atomic E-state index is 12.9. The van der Waals surface area contributed by atoms with E-state index in [1.807, 2.05) is 0 Å². The van der Waals surface area contributed by atoms with Crippen molar-refractivity contribution in [2.24, 2.45) is 0 Å². The van der Waals surface area contributed by atoms with Gasteiger partial charge in [-0.05, 0) is 37.6 Å². The van der Waals surface area contributed by atoms with E-state index in [4.69, 9.17) is 25.8 Å². The van der Waals surface area contributed by atoms with Gasteiger partial charge in [-0.2, -0.15) is 0 Å². The average Bonchev–Trinajstić information content (AvgIpc) is 3.21. The summed E-state index contributed by atoms with van der Waals surface area (Å²) in [5, 5.41) is 15.9. The fraction of sp³-hybridized carbons (Fsp3) is 0.333. The molecular weight excluding hydrogens is 464 g/mol. The van der Waals surface area contributed by atoms with Gasteiger partial charge in [0.1, 0.15) is 17.8 Å². The zero-order valence-electron chi connectivity index (χ0n) is 18.7. The molecule has 3 rings (SSSR count). The maximum atomic E-state index is 12.9. The number of esters is 2. The smallest absolute Gasteiger partial charge is 0.333 e. The number of ether oxygens (including phenoxy) is 3. The predicted molar refractivity (Wildman–Crippen MR) is 124 cm³/mol. The van der Waals surface area contributed by atoms with Crippen molar-refractivity contribution >= 4 is 23.5 Å². The molecule has 1 heterocycles. The number of nitro groups is 1. The van der Waals surface area contributed by atoms with Crippen molar-refractivity contribution in [3.63, 3.8) is 0 Å². The largest absolute Gasteiger partial charge is 0.465 e. The van der Waals surface area contributed by atoms with Crippen LogP contribution in [0.4, 0.5) is 0 Å². The topological polar surface area (TPSA) is 117 Å². The lowest BCUT2D eigenvalue weighted by Gasteiger charge is -2.21. The molecule has 1 fully saturated rings. The van der Waals surface area contributed by atoms with Crippen LogP contribution in [0.3, 0.4) is 0 Å². The number of rotatable bonds is 9. The summed E-state index contributed by atoms with van der Waals surface area (Å²) < 4.78 is 15.7. The third-order valence-corrected chi connectivity index (χ3v) is 5.66. The van der Waals surface area contributed by atoms with Crippen LogP contribution in [-0.2, 0) is 19.1 Å². The van der Waals surface area contributed by atoms with Crippen molar-refractivity contribution in [3.05, 3.63) is 87.1 Å². The van der Waals surface area contributed by atoms with Crippen molar-refractivity contribution in [1.29, 1.82) is 0 Å². The highest BCUT2D eigenvalue weighted by atomic mass is 35.5. The maximum Gasteiger partial charge on any atom is 0.333 e. The van der Waals surface area contributed by atoms with Crippen LogP contribution < -0.4 is 10.1 Å². The Kier molecular flexibility index (Phi) is 8.61. The van der Waals surface area contributed by atoms with E-state index >= 15 is 0 Å². The summed E-state index contributed by atoms with van der Waals surface area (Å²) in [6, 6.07) is 10.3. The number of para-hydroxylation sites is 1. The Morgan fingerprint density at radius 2 is 1.76 bits per heavy atom. The van der Waals surface area contributed by atoms with Crippen LogP contribution in [0.15, 0.2) is 60.9 Å². The fourth-order valence-corrected chi connectivity index (χ4v) is 4.17. The van der Waals surface area contributed by atoms with Crippen LogP contribution in [0.5, 0.6) is 5.75 Å². The summed E-state index contributed by atoms with van der Waals surface area (Å²) in [6.07, 6.45) is 2.26. The van der Waals surface area contributed by atoms with E-state index in [-0.39, 0.29) is 19.0 Å². The van der Waals surface area contributed by atoms with E-state index in [0.717, 1.165) is 12.3 Å². The van der Waals surface area contributed by atoms with Gasteiger partial charge < -0.3 is 14.2 Å². The van der Waals surface area contributed by atoms with Gasteiger partial charge in [0.2, 0.25) is 6.04 Å². The molecule has 34 heavy (non-hydrogen) atoms. The number of nitrogens with one attached hydrogen (secondary N) is 1. The molecule has 0 amide bonds. The van der Waals surface area contributed by atoms with E-state index in [0.29, 0.717) is 16.1 Å². The second kappa shape index (κ2) is 11.6. The second-order valence-electron chi connectivity index (χ2n) is 7.44. The average molecular weight is 489 g/mol. The van der Waals surface area contributed by atoms with Crippen LogP contribution in [0.25, 0.3) is 0 Å². The molecule has 4 atom stereocenters. The number of carbonyl (C=O) groups is 2. The molecule has 2 aromatic rings. The highest BCUT2D eigenvalue weighted by Crippen LogP contribution is 2.43. The van der Waals surface area contributed by atoms with Gasteiger partial charge in [0.25, 0.3) is 0 Å². The summed E-state index contributed by atoms with van der Waals surface area (Å²) in [4.78, 5) is 36.4. The van der Waals surface area contributed by atoms with Crippen molar-refractivity contribution in [1.82, 2.24) is 5.32 Å². The molecule has 1 aliphatic rings. The first-order valence-electron chi connectivity index (χ1n) is 10.8. The van der Waals surface area contributed by atoms with Crippen LogP contribution in [0.2, 0.25) is 5.02 Å². The van der Waals surface area contributed by atoms with Crippen LogP contribution in [0.1, 0.15) is 36.9 Å². The van der Waals surface area contributed by atoms with Crippen LogP contribution >= 0.6 is 11.6 Å². The van der Waals surface area contributed by atoms with Crippen molar-refractivity contribution in [2.75, 3.05) is 13.2 Å². The van der Waals surface area contributed by atoms with E-state index in [1.165, 1.54) is 0 Å². The minimum atomic E-state index is -1.21. The van der Waals surface area contributed by atoms with E-state index < -0.39 is 40.9 Å². The molecule has 1 N–H and O–H groups in total. The quantitative estimate of drug-likeness (QED) is 0.186. The van der Waals surface area contributed by atoms with Crippen molar-refractivity contribution in [2.45, 2.75) is 37.9 Å². The number of halogens is 1. The van der Waals surface area contributed by atoms with Gasteiger partial charge in [-0.25, -0.2) is 4.79 Å². The molecule has 1 saturated heterocycles. The molecule has 0 saturated carbocycles. The highest BCUT2D eigenvalue weighted by molar-refractivity contribution is 6.30. The van der Waals surface area contributed by atoms with Crippen molar-refractivity contribution in [3.8, 4) is 5.75 Å². The molecule has 0 aliphatic carbocycles. The number of carbonyl (C=O) groups excluding carboxylic acids is 2. The first kappa shape index (κ1) is 25.2. The molecule has 2 aromatic carbocycles. The third kappa shape index (κ3) is 5.73. The Hall–Kier alpha value is -3.43. The first-order valence-corrected chi connectivity index (χ1v) is 11.2. The van der Waals surface area contributed by atoms with Gasteiger partial charge in [-0.1, -0.05) is 41.9 Å². The fourth-order valence-electron chi connectivity index (χ4n) is 4.04. The molecule has 0 bridgehead atoms. The van der Waals surface area contributed by atoms with Gasteiger partial charge >= 0.3 is 11.9 Å². The number of benzene rings is 2.